The molecule has 4 rings (SSSR count). The lowest BCUT2D eigenvalue weighted by Gasteiger charge is -2.11. The monoisotopic (exact) mass is 408 g/mol. The lowest BCUT2D eigenvalue weighted by Crippen LogP contribution is -1.97. The molecule has 0 atom stereocenters. The Morgan fingerprint density at radius 1 is 1.08 bits per heavy atom. The summed E-state index contributed by atoms with van der Waals surface area (Å²) in [6, 6.07) is 9.37. The molecule has 0 unspecified atom stereocenters. The lowest BCUT2D eigenvalue weighted by atomic mass is 10.2. The molecular formula is C17H14Cl2N4O2S. The molecule has 0 saturated carbocycles. The first-order valence-electron chi connectivity index (χ1n) is 7.38. The third-order valence-corrected chi connectivity index (χ3v) is 4.98. The number of benzene rings is 2. The molecule has 0 aliphatic heterocycles. The summed E-state index contributed by atoms with van der Waals surface area (Å²) in [6.07, 6.45) is 1.50. The van der Waals surface area contributed by atoms with E-state index in [0.29, 0.717) is 27.5 Å². The van der Waals surface area contributed by atoms with E-state index in [1.165, 1.54) is 17.7 Å². The van der Waals surface area contributed by atoms with E-state index in [0.717, 1.165) is 21.1 Å². The van der Waals surface area contributed by atoms with Crippen molar-refractivity contribution in [2.24, 2.45) is 0 Å². The van der Waals surface area contributed by atoms with Crippen LogP contribution in [0, 0.1) is 0 Å². The third kappa shape index (κ3) is 3.21. The second-order valence-electron chi connectivity index (χ2n) is 5.18. The number of methoxy groups -OCH3 is 2. The van der Waals surface area contributed by atoms with Gasteiger partial charge in [0.05, 0.1) is 29.5 Å². The first kappa shape index (κ1) is 18.4. The molecule has 6 nitrogen and oxygen atoms in total. The molecule has 26 heavy (non-hydrogen) atoms. The van der Waals surface area contributed by atoms with E-state index in [4.69, 9.17) is 21.1 Å². The first-order chi connectivity index (χ1) is 12.2. The SMILES string of the molecule is COc1cc2ncnc(Nc3nc4c(Cl)cccc4s3)c2cc1OC.Cl. The van der Waals surface area contributed by atoms with Crippen LogP contribution in [0.15, 0.2) is 36.7 Å². The molecule has 0 aliphatic rings. The third-order valence-electron chi connectivity index (χ3n) is 3.74. The molecule has 0 saturated heterocycles. The number of thiazole rings is 1. The normalized spacial score (nSPS) is 10.6. The summed E-state index contributed by atoms with van der Waals surface area (Å²) in [5.74, 6) is 1.87. The van der Waals surface area contributed by atoms with E-state index >= 15 is 0 Å². The Morgan fingerprint density at radius 3 is 2.58 bits per heavy atom. The van der Waals surface area contributed by atoms with Crippen molar-refractivity contribution >= 4 is 67.4 Å². The van der Waals surface area contributed by atoms with E-state index < -0.39 is 0 Å². The lowest BCUT2D eigenvalue weighted by molar-refractivity contribution is 0.356. The molecule has 0 amide bonds. The fourth-order valence-corrected chi connectivity index (χ4v) is 3.72. The van der Waals surface area contributed by atoms with Gasteiger partial charge in [0.2, 0.25) is 0 Å². The summed E-state index contributed by atoms with van der Waals surface area (Å²) in [4.78, 5) is 13.2. The van der Waals surface area contributed by atoms with Crippen LogP contribution in [0.4, 0.5) is 10.9 Å². The van der Waals surface area contributed by atoms with Gasteiger partial charge in [-0.1, -0.05) is 29.0 Å². The van der Waals surface area contributed by atoms with Crippen LogP contribution in [0.1, 0.15) is 0 Å². The smallest absolute Gasteiger partial charge is 0.189 e. The van der Waals surface area contributed by atoms with Crippen LogP contribution in [0.2, 0.25) is 5.02 Å². The minimum Gasteiger partial charge on any atom is -0.493 e. The zero-order chi connectivity index (χ0) is 17.4. The minimum absolute atomic E-state index is 0. The number of anilines is 2. The molecular weight excluding hydrogens is 395 g/mol. The van der Waals surface area contributed by atoms with Gasteiger partial charge in [-0.25, -0.2) is 15.0 Å². The van der Waals surface area contributed by atoms with Crippen molar-refractivity contribution in [3.8, 4) is 11.5 Å². The summed E-state index contributed by atoms with van der Waals surface area (Å²) in [6.45, 7) is 0. The van der Waals surface area contributed by atoms with Gasteiger partial charge in [-0.3, -0.25) is 0 Å². The van der Waals surface area contributed by atoms with Gasteiger partial charge < -0.3 is 14.8 Å². The fourth-order valence-electron chi connectivity index (χ4n) is 2.55. The number of hydrogen-bond acceptors (Lipinski definition) is 7. The standard InChI is InChI=1S/C17H13ClN4O2S.ClH/c1-23-12-6-9-11(7-13(12)24-2)19-8-20-16(9)22-17-21-15-10(18)4-3-5-14(15)25-17;/h3-8H,1-2H3,(H,19,20,21,22);1H. The maximum atomic E-state index is 6.20. The highest BCUT2D eigenvalue weighted by Crippen LogP contribution is 2.36. The van der Waals surface area contributed by atoms with E-state index in [1.54, 1.807) is 14.2 Å². The molecule has 0 radical (unpaired) electrons. The number of rotatable bonds is 4. The Labute approximate surface area is 164 Å². The Morgan fingerprint density at radius 2 is 1.85 bits per heavy atom. The Hall–Kier alpha value is -2.35. The first-order valence-corrected chi connectivity index (χ1v) is 8.58. The number of nitrogens with zero attached hydrogens (tertiary/aromatic N) is 3. The number of halogens is 2. The minimum atomic E-state index is 0. The molecule has 9 heteroatoms. The van der Waals surface area contributed by atoms with E-state index in [-0.39, 0.29) is 12.4 Å². The molecule has 0 aliphatic carbocycles. The van der Waals surface area contributed by atoms with Crippen molar-refractivity contribution in [2.45, 2.75) is 0 Å². The largest absolute Gasteiger partial charge is 0.493 e. The maximum absolute atomic E-state index is 6.20. The number of aromatic nitrogens is 3. The maximum Gasteiger partial charge on any atom is 0.189 e. The zero-order valence-corrected chi connectivity index (χ0v) is 16.2. The van der Waals surface area contributed by atoms with Gasteiger partial charge in [-0.2, -0.15) is 0 Å². The second kappa shape index (κ2) is 7.49. The van der Waals surface area contributed by atoms with E-state index in [2.05, 4.69) is 20.3 Å². The van der Waals surface area contributed by atoms with Crippen molar-refractivity contribution < 1.29 is 9.47 Å². The summed E-state index contributed by atoms with van der Waals surface area (Å²) < 4.78 is 11.7. The van der Waals surface area contributed by atoms with Crippen LogP contribution < -0.4 is 14.8 Å². The van der Waals surface area contributed by atoms with Crippen molar-refractivity contribution in [2.75, 3.05) is 19.5 Å². The zero-order valence-electron chi connectivity index (χ0n) is 13.8. The molecule has 0 fully saturated rings. The predicted octanol–water partition coefficient (Wildman–Crippen LogP) is 5.08. The summed E-state index contributed by atoms with van der Waals surface area (Å²) in [5.41, 5.74) is 1.52. The summed E-state index contributed by atoms with van der Waals surface area (Å²) in [7, 11) is 3.19. The van der Waals surface area contributed by atoms with Crippen LogP contribution >= 0.6 is 35.3 Å². The molecule has 134 valence electrons. The van der Waals surface area contributed by atoms with E-state index in [9.17, 15) is 0 Å². The van der Waals surface area contributed by atoms with Crippen LogP contribution in [-0.4, -0.2) is 29.2 Å². The second-order valence-corrected chi connectivity index (χ2v) is 6.62. The van der Waals surface area contributed by atoms with Gasteiger partial charge in [0.25, 0.3) is 0 Å². The van der Waals surface area contributed by atoms with Crippen molar-refractivity contribution in [1.82, 2.24) is 15.0 Å². The highest BCUT2D eigenvalue weighted by molar-refractivity contribution is 7.22. The van der Waals surface area contributed by atoms with Crippen molar-refractivity contribution in [3.05, 3.63) is 41.7 Å². The van der Waals surface area contributed by atoms with Crippen molar-refractivity contribution in [1.29, 1.82) is 0 Å². The molecule has 2 aromatic carbocycles. The Balaban J connectivity index is 0.00000196. The van der Waals surface area contributed by atoms with Crippen LogP contribution in [0.25, 0.3) is 21.1 Å². The molecule has 2 aromatic heterocycles. The van der Waals surface area contributed by atoms with Gasteiger partial charge in [0.1, 0.15) is 17.7 Å². The number of nitrogens with one attached hydrogen (secondary N) is 1. The predicted molar refractivity (Wildman–Crippen MR) is 108 cm³/mol. The Kier molecular flexibility index (Phi) is 5.31. The van der Waals surface area contributed by atoms with Gasteiger partial charge >= 0.3 is 0 Å². The molecule has 0 bridgehead atoms. The van der Waals surface area contributed by atoms with Gasteiger partial charge in [-0.05, 0) is 18.2 Å². The molecule has 1 N–H and O–H groups in total. The molecule has 0 spiro atoms. The average molecular weight is 409 g/mol. The number of para-hydroxylation sites is 1. The number of fused-ring (bicyclic) bond motifs is 2. The van der Waals surface area contributed by atoms with Crippen molar-refractivity contribution in [3.63, 3.8) is 0 Å². The highest BCUT2D eigenvalue weighted by Gasteiger charge is 2.13. The van der Waals surface area contributed by atoms with Crippen LogP contribution in [0.5, 0.6) is 11.5 Å². The number of ether oxygens (including phenoxy) is 2. The number of hydrogen-bond donors (Lipinski definition) is 1. The fraction of sp³-hybridized carbons (Fsp3) is 0.118. The topological polar surface area (TPSA) is 69.2 Å². The van der Waals surface area contributed by atoms with Gasteiger partial charge in [-0.15, -0.1) is 12.4 Å². The average Bonchev–Trinajstić information content (AvgIpc) is 3.05. The van der Waals surface area contributed by atoms with Gasteiger partial charge in [0, 0.05) is 11.5 Å². The van der Waals surface area contributed by atoms with Crippen LogP contribution in [0.3, 0.4) is 0 Å². The molecule has 2 heterocycles. The summed E-state index contributed by atoms with van der Waals surface area (Å²) in [5, 5.41) is 5.40. The van der Waals surface area contributed by atoms with Gasteiger partial charge in [0.15, 0.2) is 16.6 Å². The van der Waals surface area contributed by atoms with E-state index in [1.807, 2.05) is 30.3 Å². The quantitative estimate of drug-likeness (QED) is 0.507. The Bertz CT molecular complexity index is 1090. The summed E-state index contributed by atoms with van der Waals surface area (Å²) >= 11 is 7.71. The highest BCUT2D eigenvalue weighted by atomic mass is 35.5. The van der Waals surface area contributed by atoms with Crippen LogP contribution in [-0.2, 0) is 0 Å². The molecule has 4 aromatic rings.